The van der Waals surface area contributed by atoms with Gasteiger partial charge >= 0.3 is 6.03 Å². The number of aryl methyl sites for hydroxylation is 1. The average Bonchev–Trinajstić information content (AvgIpc) is 3.17. The van der Waals surface area contributed by atoms with Crippen molar-refractivity contribution in [3.8, 4) is 5.75 Å². The van der Waals surface area contributed by atoms with Gasteiger partial charge in [0.1, 0.15) is 15.7 Å². The minimum Gasteiger partial charge on any atom is -0.490 e. The molecule has 2 fully saturated rings. The molecule has 3 amide bonds. The fourth-order valence-corrected chi connectivity index (χ4v) is 10.9. The van der Waals surface area contributed by atoms with E-state index in [1.807, 2.05) is 25.1 Å². The number of rotatable bonds is 3. The zero-order valence-electron chi connectivity index (χ0n) is 29.2. The molecule has 3 N–H and O–H groups in total. The number of amides is 3. The number of carbonyl (C=O) groups excluding carboxylic acids is 2. The van der Waals surface area contributed by atoms with Crippen molar-refractivity contribution < 1.29 is 28.4 Å². The van der Waals surface area contributed by atoms with Gasteiger partial charge in [0.25, 0.3) is 5.91 Å². The van der Waals surface area contributed by atoms with Crippen LogP contribution >= 0.6 is 11.6 Å². The van der Waals surface area contributed by atoms with Gasteiger partial charge in [0, 0.05) is 42.2 Å². The Morgan fingerprint density at radius 1 is 1.20 bits per heavy atom. The molecule has 2 aliphatic heterocycles. The van der Waals surface area contributed by atoms with Gasteiger partial charge in [-0.25, -0.2) is 9.00 Å². The summed E-state index contributed by atoms with van der Waals surface area (Å²) in [5.41, 5.74) is 2.53. The topological polar surface area (TPSA) is 130 Å². The minimum atomic E-state index is -3.52. The van der Waals surface area contributed by atoms with Gasteiger partial charge in [0.05, 0.1) is 29.8 Å². The van der Waals surface area contributed by atoms with Crippen molar-refractivity contribution in [1.82, 2.24) is 10.0 Å². The first-order valence-corrected chi connectivity index (χ1v) is 20.0. The molecule has 2 saturated carbocycles. The SMILES string of the molecule is CO[C@H]1/C=C/C[C@H](C)C[S@@](=O)(NC(=O)N[C@H]2C[C@](C)(O)C2)=NC(=O)c2ccc3c(c2)N(C[C@@H]2CC[C@H]21)C[C@@]1(CCCc2cc(Cl)ccc21)CO3. The molecule has 3 aliphatic carbocycles. The van der Waals surface area contributed by atoms with E-state index in [-0.39, 0.29) is 34.8 Å². The Morgan fingerprint density at radius 3 is 2.76 bits per heavy atom. The fraction of sp³-hybridized carbons (Fsp3) is 0.579. The number of anilines is 1. The Kier molecular flexibility index (Phi) is 9.73. The number of aliphatic hydroxyl groups is 1. The third-order valence-corrected chi connectivity index (χ3v) is 13.7. The van der Waals surface area contributed by atoms with E-state index in [1.165, 1.54) is 11.1 Å². The number of nitrogens with one attached hydrogen (secondary N) is 2. The van der Waals surface area contributed by atoms with Crippen molar-refractivity contribution in [1.29, 1.82) is 0 Å². The van der Waals surface area contributed by atoms with Gasteiger partial charge in [0.15, 0.2) is 0 Å². The normalized spacial score (nSPS) is 35.9. The molecule has 270 valence electrons. The molecule has 0 saturated heterocycles. The average molecular weight is 725 g/mol. The summed E-state index contributed by atoms with van der Waals surface area (Å²) in [5, 5.41) is 13.6. The highest BCUT2D eigenvalue weighted by Crippen LogP contribution is 2.47. The molecule has 6 atom stereocenters. The standard InChI is InChI=1S/C38H49ClN4O6S/c1-24-6-4-8-33(48-3)30-12-9-27(30)20-43-22-38(15-5-7-25-16-28(39)11-13-31(25)38)23-49-34-14-10-26(17-32(34)43)35(44)41-50(47,21-24)42-36(45)40-29-18-37(2,46)19-29/h4,8,10-11,13-14,16-17,24,27,29-30,33,46H,5-7,9,12,15,18-23H2,1-3H3,(H2,40,41,42,44,45,47)/b8-4+/t24-,27-,29-,30+,33-,37-,38-,50-/m0/s1. The van der Waals surface area contributed by atoms with Gasteiger partial charge in [-0.3, -0.25) is 9.52 Å². The van der Waals surface area contributed by atoms with Gasteiger partial charge in [-0.1, -0.05) is 36.7 Å². The lowest BCUT2D eigenvalue weighted by Gasteiger charge is -2.46. The maximum Gasteiger partial charge on any atom is 0.327 e. The summed E-state index contributed by atoms with van der Waals surface area (Å²) in [4.78, 5) is 29.3. The number of ether oxygens (including phenoxy) is 2. The van der Waals surface area contributed by atoms with Crippen LogP contribution in [0.15, 0.2) is 52.9 Å². The molecule has 10 nitrogen and oxygen atoms in total. The van der Waals surface area contributed by atoms with Crippen LogP contribution in [0.25, 0.3) is 0 Å². The summed E-state index contributed by atoms with van der Waals surface area (Å²) < 4.78 is 33.8. The highest BCUT2D eigenvalue weighted by atomic mass is 35.5. The van der Waals surface area contributed by atoms with Crippen molar-refractivity contribution in [2.45, 2.75) is 88.4 Å². The Balaban J connectivity index is 1.26. The number of benzene rings is 2. The summed E-state index contributed by atoms with van der Waals surface area (Å²) in [5.74, 6) is 0.607. The van der Waals surface area contributed by atoms with Crippen LogP contribution in [0.5, 0.6) is 5.75 Å². The first-order valence-electron chi connectivity index (χ1n) is 17.9. The van der Waals surface area contributed by atoms with Crippen molar-refractivity contribution in [2.75, 3.05) is 37.5 Å². The van der Waals surface area contributed by atoms with E-state index in [9.17, 15) is 18.9 Å². The zero-order valence-corrected chi connectivity index (χ0v) is 30.7. The van der Waals surface area contributed by atoms with Gasteiger partial charge in [-0.15, -0.1) is 4.36 Å². The molecular weight excluding hydrogens is 676 g/mol. The molecule has 0 aromatic heterocycles. The largest absolute Gasteiger partial charge is 0.490 e. The molecule has 50 heavy (non-hydrogen) atoms. The maximum absolute atomic E-state index is 14.4. The number of hydrogen-bond acceptors (Lipinski definition) is 7. The second kappa shape index (κ2) is 13.8. The monoisotopic (exact) mass is 724 g/mol. The highest BCUT2D eigenvalue weighted by Gasteiger charge is 2.45. The smallest absolute Gasteiger partial charge is 0.327 e. The van der Waals surface area contributed by atoms with E-state index in [2.05, 4.69) is 43.6 Å². The van der Waals surface area contributed by atoms with Crippen LogP contribution < -0.4 is 19.7 Å². The van der Waals surface area contributed by atoms with Crippen LogP contribution in [0.2, 0.25) is 5.02 Å². The molecule has 2 heterocycles. The van der Waals surface area contributed by atoms with Crippen LogP contribution in [0, 0.1) is 17.8 Å². The first kappa shape index (κ1) is 35.3. The van der Waals surface area contributed by atoms with Crippen LogP contribution in [0.4, 0.5) is 10.5 Å². The second-order valence-electron chi connectivity index (χ2n) is 15.6. The molecule has 0 radical (unpaired) electrons. The van der Waals surface area contributed by atoms with E-state index in [0.717, 1.165) is 49.4 Å². The van der Waals surface area contributed by atoms with Crippen molar-refractivity contribution >= 4 is 39.1 Å². The Morgan fingerprint density at radius 2 is 2.02 bits per heavy atom. The van der Waals surface area contributed by atoms with E-state index >= 15 is 0 Å². The molecule has 2 aromatic carbocycles. The zero-order chi connectivity index (χ0) is 35.3. The van der Waals surface area contributed by atoms with E-state index in [0.29, 0.717) is 50.0 Å². The quantitative estimate of drug-likeness (QED) is 0.322. The van der Waals surface area contributed by atoms with Crippen LogP contribution in [-0.2, 0) is 26.5 Å². The number of urea groups is 1. The number of hydrogen-bond donors (Lipinski definition) is 3. The highest BCUT2D eigenvalue weighted by molar-refractivity contribution is 7.92. The Bertz CT molecular complexity index is 1800. The van der Waals surface area contributed by atoms with Crippen molar-refractivity contribution in [2.24, 2.45) is 22.1 Å². The number of fused-ring (bicyclic) bond motifs is 4. The molecular formula is C38H49ClN4O6S. The molecule has 5 aliphatic rings. The third kappa shape index (κ3) is 7.29. The van der Waals surface area contributed by atoms with Crippen molar-refractivity contribution in [3.63, 3.8) is 0 Å². The molecule has 2 bridgehead atoms. The summed E-state index contributed by atoms with van der Waals surface area (Å²) in [6.45, 7) is 5.64. The van der Waals surface area contributed by atoms with E-state index in [4.69, 9.17) is 21.1 Å². The number of halogens is 1. The van der Waals surface area contributed by atoms with Gasteiger partial charge in [-0.2, -0.15) is 0 Å². The third-order valence-electron chi connectivity index (χ3n) is 11.5. The lowest BCUT2D eigenvalue weighted by atomic mass is 9.68. The lowest BCUT2D eigenvalue weighted by molar-refractivity contribution is -0.0353. The molecule has 7 rings (SSSR count). The lowest BCUT2D eigenvalue weighted by Crippen LogP contribution is -2.56. The molecule has 1 spiro atoms. The van der Waals surface area contributed by atoms with Crippen molar-refractivity contribution in [3.05, 3.63) is 70.3 Å². The summed E-state index contributed by atoms with van der Waals surface area (Å²) >= 11 is 6.45. The summed E-state index contributed by atoms with van der Waals surface area (Å²) in [7, 11) is -1.76. The summed E-state index contributed by atoms with van der Waals surface area (Å²) in [6, 6.07) is 10.6. The van der Waals surface area contributed by atoms with Gasteiger partial charge in [-0.05, 0) is 118 Å². The predicted molar refractivity (Wildman–Crippen MR) is 195 cm³/mol. The summed E-state index contributed by atoms with van der Waals surface area (Å²) in [6.07, 6.45) is 10.6. The Hall–Kier alpha value is -3.12. The number of carbonyl (C=O) groups is 2. The Labute approximate surface area is 300 Å². The maximum atomic E-state index is 14.4. The molecule has 2 aromatic rings. The van der Waals surface area contributed by atoms with E-state index < -0.39 is 27.5 Å². The number of allylic oxidation sites excluding steroid dienone is 1. The van der Waals surface area contributed by atoms with Gasteiger partial charge < -0.3 is 24.8 Å². The minimum absolute atomic E-state index is 0.00525. The van der Waals surface area contributed by atoms with Crippen LogP contribution in [-0.4, -0.2) is 71.6 Å². The second-order valence-corrected chi connectivity index (χ2v) is 18.1. The molecule has 0 unspecified atom stereocenters. The first-order chi connectivity index (χ1) is 23.8. The van der Waals surface area contributed by atoms with Gasteiger partial charge in [0.2, 0.25) is 0 Å². The van der Waals surface area contributed by atoms with E-state index in [1.54, 1.807) is 20.1 Å². The number of nitrogens with zero attached hydrogens (tertiary/aromatic N) is 2. The van der Waals surface area contributed by atoms with Crippen LogP contribution in [0.3, 0.4) is 0 Å². The predicted octanol–water partition coefficient (Wildman–Crippen LogP) is 6.19. The fourth-order valence-electron chi connectivity index (χ4n) is 8.83. The molecule has 12 heteroatoms. The number of methoxy groups -OCH3 is 1. The van der Waals surface area contributed by atoms with Crippen LogP contribution in [0.1, 0.15) is 80.3 Å².